The number of ether oxygens (including phenoxy) is 2. The minimum atomic E-state index is -1.59. The molecule has 0 saturated carbocycles. The highest BCUT2D eigenvalue weighted by atomic mass is 16.7. The van der Waals surface area contributed by atoms with Crippen LogP contribution in [0.15, 0.2) is 134 Å². The van der Waals surface area contributed by atoms with E-state index in [1.807, 2.05) is 6.08 Å². The van der Waals surface area contributed by atoms with Gasteiger partial charge < -0.3 is 40.3 Å². The molecule has 68 heavy (non-hydrogen) atoms. The summed E-state index contributed by atoms with van der Waals surface area (Å²) in [6.07, 6.45) is 65.0. The number of amides is 1. The maximum absolute atomic E-state index is 13.0. The second kappa shape index (κ2) is 47.0. The van der Waals surface area contributed by atoms with E-state index in [1.165, 1.54) is 51.4 Å². The number of carbonyl (C=O) groups excluding carboxylic acids is 1. The monoisotopic (exact) mass is 946 g/mol. The molecular formula is C59H95NO8. The van der Waals surface area contributed by atoms with Crippen LogP contribution >= 0.6 is 0 Å². The number of hydrogen-bond acceptors (Lipinski definition) is 8. The molecule has 0 aromatic carbocycles. The Bertz CT molecular complexity index is 1520. The molecule has 0 spiro atoms. The zero-order chi connectivity index (χ0) is 49.4. The summed E-state index contributed by atoms with van der Waals surface area (Å²) in [4.78, 5) is 13.0. The van der Waals surface area contributed by atoms with E-state index in [0.717, 1.165) is 89.9 Å². The first-order chi connectivity index (χ1) is 33.3. The summed E-state index contributed by atoms with van der Waals surface area (Å²) in [6, 6.07) is -0.862. The number of carbonyl (C=O) groups is 1. The molecule has 384 valence electrons. The second-order valence-corrected chi connectivity index (χ2v) is 17.6. The highest BCUT2D eigenvalue weighted by Gasteiger charge is 2.44. The van der Waals surface area contributed by atoms with Crippen LogP contribution in [0.5, 0.6) is 0 Å². The number of aliphatic hydroxyl groups excluding tert-OH is 5. The number of hydrogen-bond donors (Lipinski definition) is 6. The summed E-state index contributed by atoms with van der Waals surface area (Å²) >= 11 is 0. The van der Waals surface area contributed by atoms with Gasteiger partial charge >= 0.3 is 0 Å². The van der Waals surface area contributed by atoms with E-state index in [-0.39, 0.29) is 18.9 Å². The zero-order valence-electron chi connectivity index (χ0n) is 42.3. The molecule has 7 atom stereocenters. The topological polar surface area (TPSA) is 149 Å². The van der Waals surface area contributed by atoms with Crippen LogP contribution < -0.4 is 5.32 Å². The number of allylic oxidation sites excluding steroid dienone is 21. The third-order valence-corrected chi connectivity index (χ3v) is 11.4. The van der Waals surface area contributed by atoms with Crippen LogP contribution in [0.1, 0.15) is 174 Å². The third kappa shape index (κ3) is 36.3. The van der Waals surface area contributed by atoms with Crippen molar-refractivity contribution in [1.29, 1.82) is 0 Å². The van der Waals surface area contributed by atoms with E-state index in [4.69, 9.17) is 9.47 Å². The van der Waals surface area contributed by atoms with Crippen LogP contribution in [0.25, 0.3) is 0 Å². The first-order valence-corrected chi connectivity index (χ1v) is 26.4. The molecule has 1 aliphatic heterocycles. The van der Waals surface area contributed by atoms with E-state index in [0.29, 0.717) is 12.8 Å². The molecule has 1 amide bonds. The second-order valence-electron chi connectivity index (χ2n) is 17.6. The minimum Gasteiger partial charge on any atom is -0.394 e. The standard InChI is InChI=1S/C59H95NO8/c1-3-5-7-9-11-13-15-17-19-21-23-24-25-26-27-28-29-30-31-33-35-37-39-41-43-45-47-49-55(63)60-52(51-67-59-58(66)57(65)56(64)54(50-61)68-59)53(62)48-46-44-42-40-38-36-34-32-22-20-18-16-14-12-10-8-6-4-2/h5,7,11,13,17,19,22-24,26-27,29-30,32-33,35,38-41,46,48,52-54,56-59,61-62,64-66H,3-4,6,8-10,12,14-16,18,20-21,25,28,31,34,36-37,42-45,47,49-51H2,1-2H3,(H,60,63)/b7-5-,13-11-,19-17-,24-23-,27-26-,30-29-,32-22+,35-33-,40-38+,41-39-,48-46+. The molecule has 1 saturated heterocycles. The van der Waals surface area contributed by atoms with Crippen LogP contribution in [-0.4, -0.2) is 87.5 Å². The Hall–Kier alpha value is -3.67. The summed E-state index contributed by atoms with van der Waals surface area (Å²) in [7, 11) is 0. The molecule has 0 aromatic heterocycles. The summed E-state index contributed by atoms with van der Waals surface area (Å²) in [5.74, 6) is -0.240. The number of rotatable bonds is 42. The Labute approximate surface area is 413 Å². The molecule has 1 rings (SSSR count). The van der Waals surface area contributed by atoms with Crippen LogP contribution in [0, 0.1) is 0 Å². The molecule has 6 N–H and O–H groups in total. The summed E-state index contributed by atoms with van der Waals surface area (Å²) < 4.78 is 11.2. The van der Waals surface area contributed by atoms with Crippen molar-refractivity contribution < 1.29 is 39.8 Å². The van der Waals surface area contributed by atoms with Crippen molar-refractivity contribution in [2.75, 3.05) is 13.2 Å². The fourth-order valence-electron chi connectivity index (χ4n) is 7.26. The van der Waals surface area contributed by atoms with Crippen LogP contribution in [0.2, 0.25) is 0 Å². The van der Waals surface area contributed by atoms with Gasteiger partial charge in [-0.2, -0.15) is 0 Å². The number of nitrogens with one attached hydrogen (secondary N) is 1. The molecule has 1 fully saturated rings. The van der Waals surface area contributed by atoms with Gasteiger partial charge in [0, 0.05) is 6.42 Å². The lowest BCUT2D eigenvalue weighted by atomic mass is 9.99. The molecule has 0 radical (unpaired) electrons. The van der Waals surface area contributed by atoms with Gasteiger partial charge in [-0.25, -0.2) is 0 Å². The van der Waals surface area contributed by atoms with Crippen LogP contribution in [-0.2, 0) is 14.3 Å². The first-order valence-electron chi connectivity index (χ1n) is 26.4. The lowest BCUT2D eigenvalue weighted by Gasteiger charge is -2.40. The molecule has 1 aliphatic rings. The molecule has 7 unspecified atom stereocenters. The molecule has 0 aliphatic carbocycles. The molecule has 0 bridgehead atoms. The van der Waals surface area contributed by atoms with E-state index in [2.05, 4.69) is 141 Å². The molecule has 9 nitrogen and oxygen atoms in total. The lowest BCUT2D eigenvalue weighted by Crippen LogP contribution is -2.60. The SMILES string of the molecule is CC/C=C\C/C=C\C/C=C\C/C=C\C/C=C\C/C=C\C/C=C\C/C=C\CCCCC(=O)NC(COC1OC(CO)C(O)C(O)C1O)C(O)/C=C/CC/C=C/CC/C=C/CCCCCCCCCC. The Balaban J connectivity index is 2.37. The van der Waals surface area contributed by atoms with Gasteiger partial charge in [-0.1, -0.05) is 192 Å². The molecular weight excluding hydrogens is 851 g/mol. The first kappa shape index (κ1) is 62.3. The number of aliphatic hydroxyl groups is 5. The van der Waals surface area contributed by atoms with E-state index in [1.54, 1.807) is 6.08 Å². The van der Waals surface area contributed by atoms with E-state index >= 15 is 0 Å². The Morgan fingerprint density at radius 2 is 0.926 bits per heavy atom. The fourth-order valence-corrected chi connectivity index (χ4v) is 7.26. The zero-order valence-corrected chi connectivity index (χ0v) is 42.3. The van der Waals surface area contributed by atoms with Crippen molar-refractivity contribution in [1.82, 2.24) is 5.32 Å². The third-order valence-electron chi connectivity index (χ3n) is 11.4. The largest absolute Gasteiger partial charge is 0.394 e. The highest BCUT2D eigenvalue weighted by molar-refractivity contribution is 5.76. The lowest BCUT2D eigenvalue weighted by molar-refractivity contribution is -0.302. The van der Waals surface area contributed by atoms with Gasteiger partial charge in [0.05, 0.1) is 25.4 Å². The number of unbranched alkanes of at least 4 members (excludes halogenated alkanes) is 12. The van der Waals surface area contributed by atoms with Crippen molar-refractivity contribution in [2.24, 2.45) is 0 Å². The van der Waals surface area contributed by atoms with Crippen LogP contribution in [0.3, 0.4) is 0 Å². The minimum absolute atomic E-state index is 0.233. The van der Waals surface area contributed by atoms with Crippen molar-refractivity contribution in [3.63, 3.8) is 0 Å². The smallest absolute Gasteiger partial charge is 0.220 e. The Morgan fingerprint density at radius 3 is 1.41 bits per heavy atom. The Morgan fingerprint density at radius 1 is 0.515 bits per heavy atom. The normalized spacial score (nSPS) is 20.7. The van der Waals surface area contributed by atoms with Crippen molar-refractivity contribution in [2.45, 2.75) is 217 Å². The predicted molar refractivity (Wildman–Crippen MR) is 285 cm³/mol. The van der Waals surface area contributed by atoms with Crippen molar-refractivity contribution in [3.8, 4) is 0 Å². The van der Waals surface area contributed by atoms with Gasteiger partial charge in [0.2, 0.25) is 5.91 Å². The average molecular weight is 946 g/mol. The highest BCUT2D eigenvalue weighted by Crippen LogP contribution is 2.22. The summed E-state index contributed by atoms with van der Waals surface area (Å²) in [5, 5.41) is 54.3. The van der Waals surface area contributed by atoms with Gasteiger partial charge in [-0.3, -0.25) is 4.79 Å². The molecule has 9 heteroatoms. The summed E-state index contributed by atoms with van der Waals surface area (Å²) in [5.41, 5.74) is 0. The quantitative estimate of drug-likeness (QED) is 0.0262. The Kier molecular flexibility index (Phi) is 43.1. The van der Waals surface area contributed by atoms with Crippen molar-refractivity contribution in [3.05, 3.63) is 134 Å². The maximum atomic E-state index is 13.0. The van der Waals surface area contributed by atoms with E-state index in [9.17, 15) is 30.3 Å². The van der Waals surface area contributed by atoms with E-state index < -0.39 is 49.5 Å². The summed E-state index contributed by atoms with van der Waals surface area (Å²) in [6.45, 7) is 3.59. The average Bonchev–Trinajstić information content (AvgIpc) is 3.34. The van der Waals surface area contributed by atoms with Crippen LogP contribution in [0.4, 0.5) is 0 Å². The van der Waals surface area contributed by atoms with Gasteiger partial charge in [-0.05, 0) is 109 Å². The van der Waals surface area contributed by atoms with Gasteiger partial charge in [0.1, 0.15) is 24.4 Å². The van der Waals surface area contributed by atoms with Gasteiger partial charge in [0.15, 0.2) is 6.29 Å². The predicted octanol–water partition coefficient (Wildman–Crippen LogP) is 12.6. The van der Waals surface area contributed by atoms with Gasteiger partial charge in [-0.15, -0.1) is 0 Å². The van der Waals surface area contributed by atoms with Crippen molar-refractivity contribution >= 4 is 5.91 Å². The maximum Gasteiger partial charge on any atom is 0.220 e. The fraction of sp³-hybridized carbons (Fsp3) is 0.610. The molecule has 1 heterocycles. The van der Waals surface area contributed by atoms with Gasteiger partial charge in [0.25, 0.3) is 0 Å². The molecule has 0 aromatic rings.